The molecule has 2 heterocycles. The van der Waals surface area contributed by atoms with Crippen LogP contribution in [0.25, 0.3) is 0 Å². The molecule has 2 rings (SSSR count). The van der Waals surface area contributed by atoms with Crippen molar-refractivity contribution in [2.24, 2.45) is 5.92 Å². The van der Waals surface area contributed by atoms with Crippen molar-refractivity contribution in [1.82, 2.24) is 14.9 Å². The average Bonchev–Trinajstić information content (AvgIpc) is 3.15. The molecule has 0 spiro atoms. The summed E-state index contributed by atoms with van der Waals surface area (Å²) in [5.41, 5.74) is 5.12. The lowest BCUT2D eigenvalue weighted by atomic mass is 10.1. The minimum Gasteiger partial charge on any atom is -0.382 e. The van der Waals surface area contributed by atoms with Crippen molar-refractivity contribution in [2.45, 2.75) is 45.6 Å². The molecule has 0 bridgehead atoms. The average molecular weight is 618 g/mol. The van der Waals surface area contributed by atoms with Crippen LogP contribution in [0.1, 0.15) is 39.0 Å². The summed E-state index contributed by atoms with van der Waals surface area (Å²) in [6.07, 6.45) is -1.67. The van der Waals surface area contributed by atoms with Crippen molar-refractivity contribution >= 4 is 35.2 Å². The highest BCUT2D eigenvalue weighted by Gasteiger charge is 2.43. The molecule has 18 nitrogen and oxygen atoms in total. The maximum absolute atomic E-state index is 12.5. The Morgan fingerprint density at radius 2 is 1.92 bits per heavy atom. The minimum absolute atomic E-state index is 0.0155. The van der Waals surface area contributed by atoms with Gasteiger partial charge in [-0.05, 0) is 5.92 Å². The van der Waals surface area contributed by atoms with E-state index in [4.69, 9.17) is 25.0 Å². The monoisotopic (exact) mass is 618 g/mol. The molecule has 1 amide bonds. The predicted octanol–water partition coefficient (Wildman–Crippen LogP) is -0.0149. The van der Waals surface area contributed by atoms with Crippen LogP contribution in [0.4, 0.5) is 5.82 Å². The van der Waals surface area contributed by atoms with Crippen molar-refractivity contribution in [3.8, 4) is 11.8 Å². The molecule has 3 unspecified atom stereocenters. The molecule has 1 fully saturated rings. The zero-order chi connectivity index (χ0) is 29.6. The molecule has 21 heteroatoms. The zero-order valence-corrected chi connectivity index (χ0v) is 23.6. The van der Waals surface area contributed by atoms with Gasteiger partial charge in [0.2, 0.25) is 5.91 Å². The number of amides is 1. The van der Waals surface area contributed by atoms with E-state index in [1.54, 1.807) is 0 Å². The Hall–Kier alpha value is -1.96. The number of hydrogen-bond acceptors (Lipinski definition) is 12. The number of phosphoric ester groups is 1. The summed E-state index contributed by atoms with van der Waals surface area (Å²) in [7, 11) is -16.7. The van der Waals surface area contributed by atoms with Gasteiger partial charge in [-0.3, -0.25) is 13.9 Å². The molecule has 0 radical (unpaired) electrons. The topological polar surface area (TPSA) is 268 Å². The van der Waals surface area contributed by atoms with Gasteiger partial charge < -0.3 is 40.1 Å². The van der Waals surface area contributed by atoms with Crippen molar-refractivity contribution in [3.63, 3.8) is 0 Å². The number of aromatic nitrogens is 2. The lowest BCUT2D eigenvalue weighted by Gasteiger charge is -2.21. The van der Waals surface area contributed by atoms with E-state index < -0.39 is 54.2 Å². The van der Waals surface area contributed by atoms with Gasteiger partial charge in [0.15, 0.2) is 0 Å². The van der Waals surface area contributed by atoms with Crippen molar-refractivity contribution in [2.75, 3.05) is 25.5 Å². The number of nitrogens with zero attached hydrogens (tertiary/aromatic N) is 2. The van der Waals surface area contributed by atoms with Crippen molar-refractivity contribution in [1.29, 1.82) is 0 Å². The van der Waals surface area contributed by atoms with Gasteiger partial charge >= 0.3 is 29.2 Å². The minimum atomic E-state index is -5.71. The van der Waals surface area contributed by atoms with Crippen molar-refractivity contribution in [3.05, 3.63) is 22.2 Å². The molecule has 0 saturated carbocycles. The Labute approximate surface area is 222 Å². The van der Waals surface area contributed by atoms with Gasteiger partial charge in [0.25, 0.3) is 0 Å². The second kappa shape index (κ2) is 13.6. The second-order valence-corrected chi connectivity index (χ2v) is 12.9. The number of nitrogens with one attached hydrogen (secondary N) is 1. The first kappa shape index (κ1) is 33.2. The maximum atomic E-state index is 12.5. The Balaban J connectivity index is 2.22. The third kappa shape index (κ3) is 11.6. The van der Waals surface area contributed by atoms with Crippen LogP contribution in [-0.2, 0) is 41.1 Å². The highest BCUT2D eigenvalue weighted by molar-refractivity contribution is 7.66. The van der Waals surface area contributed by atoms with Crippen LogP contribution in [0, 0.1) is 17.8 Å². The third-order valence-corrected chi connectivity index (χ3v) is 8.38. The molecular weight excluding hydrogens is 589 g/mol. The van der Waals surface area contributed by atoms with Gasteiger partial charge in [-0.15, -0.1) is 0 Å². The van der Waals surface area contributed by atoms with E-state index in [1.165, 1.54) is 13.1 Å². The van der Waals surface area contributed by atoms with E-state index in [1.807, 2.05) is 13.8 Å². The molecule has 1 aromatic heterocycles. The Kier molecular flexibility index (Phi) is 11.6. The van der Waals surface area contributed by atoms with Gasteiger partial charge in [-0.1, -0.05) is 25.7 Å². The van der Waals surface area contributed by atoms with Crippen molar-refractivity contribution < 1.29 is 60.7 Å². The van der Waals surface area contributed by atoms with E-state index in [0.29, 0.717) is 0 Å². The van der Waals surface area contributed by atoms with E-state index in [2.05, 4.69) is 35.3 Å². The molecule has 1 aromatic rings. The molecule has 1 saturated heterocycles. The number of nitrogen functional groups attached to an aromatic ring is 1. The fourth-order valence-electron chi connectivity index (χ4n) is 3.08. The van der Waals surface area contributed by atoms with Crippen LogP contribution in [0.3, 0.4) is 0 Å². The van der Waals surface area contributed by atoms with E-state index in [-0.39, 0.29) is 42.8 Å². The maximum Gasteiger partial charge on any atom is 0.490 e. The van der Waals surface area contributed by atoms with Crippen LogP contribution in [0.15, 0.2) is 11.0 Å². The summed E-state index contributed by atoms with van der Waals surface area (Å²) in [5.74, 6) is 4.93. The quantitative estimate of drug-likeness (QED) is 0.133. The van der Waals surface area contributed by atoms with Crippen LogP contribution >= 0.6 is 23.5 Å². The molecule has 5 atom stereocenters. The standard InChI is InChI=1S/C18H29N4O14P3/c1-11(2)9-32-14-7-16(22-8-13(17(19)21-18(22)24)5-4-6-20-12(3)23)34-15(14)10-33-38(28,29)36-39(30,31)35-37(25,26)27/h8,11,14-16H,6-7,9-10H2,1-3H3,(H,20,23)(H,28,29)(H,30,31)(H2,19,21,24)(H2,25,26,27)/t14?,15-,16-/m1/s1. The fourth-order valence-corrected chi connectivity index (χ4v) is 6.11. The fraction of sp³-hybridized carbons (Fsp3) is 0.611. The van der Waals surface area contributed by atoms with Gasteiger partial charge in [0, 0.05) is 26.1 Å². The number of anilines is 1. The highest BCUT2D eigenvalue weighted by atomic mass is 31.3. The molecule has 7 N–H and O–H groups in total. The number of ether oxygens (including phenoxy) is 2. The van der Waals surface area contributed by atoms with Gasteiger partial charge in [0.1, 0.15) is 18.1 Å². The Bertz CT molecular complexity index is 1300. The Morgan fingerprint density at radius 3 is 2.51 bits per heavy atom. The summed E-state index contributed by atoms with van der Waals surface area (Å²) in [6.45, 7) is 4.49. The second-order valence-electron chi connectivity index (χ2n) is 8.46. The van der Waals surface area contributed by atoms with E-state index >= 15 is 0 Å². The SMILES string of the molecule is CC(=O)NCC#Cc1cn([C@H]2CC(OCC(C)C)[C@@H](COP(=O)(O)OP(=O)(O)OP(=O)(O)O)O2)c(=O)nc1N. The van der Waals surface area contributed by atoms with Crippen LogP contribution in [0.5, 0.6) is 0 Å². The summed E-state index contributed by atoms with van der Waals surface area (Å²) >= 11 is 0. The number of rotatable bonds is 12. The molecular formula is C18H29N4O14P3. The number of nitrogens with two attached hydrogens (primary N) is 1. The normalized spacial score (nSPS) is 22.5. The highest BCUT2D eigenvalue weighted by Crippen LogP contribution is 2.66. The van der Waals surface area contributed by atoms with E-state index in [0.717, 1.165) is 4.57 Å². The number of carbonyl (C=O) groups excluding carboxylic acids is 1. The molecule has 0 aliphatic carbocycles. The summed E-state index contributed by atoms with van der Waals surface area (Å²) in [5, 5.41) is 2.47. The molecule has 39 heavy (non-hydrogen) atoms. The first-order chi connectivity index (χ1) is 17.9. The van der Waals surface area contributed by atoms with Crippen LogP contribution in [0.2, 0.25) is 0 Å². The largest absolute Gasteiger partial charge is 0.490 e. The summed E-state index contributed by atoms with van der Waals surface area (Å²) in [6, 6.07) is 0. The number of hydrogen-bond donors (Lipinski definition) is 6. The lowest BCUT2D eigenvalue weighted by molar-refractivity contribution is -0.118. The molecule has 0 aromatic carbocycles. The Morgan fingerprint density at radius 1 is 1.26 bits per heavy atom. The first-order valence-corrected chi connectivity index (χ1v) is 15.6. The van der Waals surface area contributed by atoms with Crippen LogP contribution in [-0.4, -0.2) is 67.0 Å². The first-order valence-electron chi connectivity index (χ1n) is 11.0. The summed E-state index contributed by atoms with van der Waals surface area (Å²) < 4.78 is 59.2. The number of carbonyl (C=O) groups is 1. The van der Waals surface area contributed by atoms with Gasteiger partial charge in [-0.25, -0.2) is 18.5 Å². The van der Waals surface area contributed by atoms with Crippen LogP contribution < -0.4 is 16.7 Å². The molecule has 220 valence electrons. The summed E-state index contributed by atoms with van der Waals surface area (Å²) in [4.78, 5) is 63.6. The lowest BCUT2D eigenvalue weighted by Crippen LogP contribution is -2.30. The number of phosphoric acid groups is 3. The van der Waals surface area contributed by atoms with E-state index in [9.17, 15) is 33.1 Å². The van der Waals surface area contributed by atoms with Gasteiger partial charge in [-0.2, -0.15) is 13.6 Å². The third-order valence-electron chi connectivity index (χ3n) is 4.58. The molecule has 1 aliphatic heterocycles. The smallest absolute Gasteiger partial charge is 0.382 e. The molecule has 1 aliphatic rings. The zero-order valence-electron chi connectivity index (χ0n) is 20.9. The predicted molar refractivity (Wildman–Crippen MR) is 131 cm³/mol. The van der Waals surface area contributed by atoms with Gasteiger partial charge in [0.05, 0.1) is 24.8 Å².